The lowest BCUT2D eigenvalue weighted by Crippen LogP contribution is -2.23. The minimum absolute atomic E-state index is 0.223. The molecule has 1 saturated carbocycles. The summed E-state index contributed by atoms with van der Waals surface area (Å²) in [5.74, 6) is -0.240. The molecule has 0 aliphatic heterocycles. The van der Waals surface area contributed by atoms with Gasteiger partial charge in [0.25, 0.3) is 0 Å². The highest BCUT2D eigenvalue weighted by molar-refractivity contribution is 7.98. The molecule has 0 bridgehead atoms. The van der Waals surface area contributed by atoms with Crippen LogP contribution in [0.2, 0.25) is 0 Å². The number of benzene rings is 2. The summed E-state index contributed by atoms with van der Waals surface area (Å²) in [6.07, 6.45) is 6.29. The van der Waals surface area contributed by atoms with E-state index in [1.807, 2.05) is 18.2 Å². The summed E-state index contributed by atoms with van der Waals surface area (Å²) >= 11 is 1.69. The number of aliphatic carboxylic acids is 1. The molecule has 1 N–H and O–H groups in total. The Morgan fingerprint density at radius 2 is 1.73 bits per heavy atom. The first-order valence-corrected chi connectivity index (χ1v) is 12.5. The molecule has 1 aliphatic carbocycles. The van der Waals surface area contributed by atoms with Gasteiger partial charge in [0.05, 0.1) is 6.61 Å². The molecule has 3 aromatic rings. The predicted octanol–water partition coefficient (Wildman–Crippen LogP) is 5.99. The molecule has 1 heterocycles. The molecular weight excluding hydrogens is 439 g/mol. The lowest BCUT2D eigenvalue weighted by molar-refractivity contribution is -0.142. The zero-order valence-corrected chi connectivity index (χ0v) is 19.6. The molecule has 174 valence electrons. The standard InChI is InChI=1S/C26H29FN2O3S/c1-33-26-24(20-5-3-2-4-6-20)25(21-11-13-22(27)14-12-21)28-29(26)15-18-7-9-19(10-8-18)16-32-17-23(30)31/h2-6,11-14,18-19H,7-10,15-17H2,1H3,(H,30,31)/t18-,19-. The number of halogens is 1. The maximum absolute atomic E-state index is 13.6. The Labute approximate surface area is 198 Å². The van der Waals surface area contributed by atoms with Crippen LogP contribution in [0.25, 0.3) is 22.4 Å². The van der Waals surface area contributed by atoms with E-state index in [9.17, 15) is 9.18 Å². The number of ether oxygens (including phenoxy) is 1. The van der Waals surface area contributed by atoms with Gasteiger partial charge in [0.1, 0.15) is 23.1 Å². The second kappa shape index (κ2) is 11.0. The lowest BCUT2D eigenvalue weighted by Gasteiger charge is -2.28. The summed E-state index contributed by atoms with van der Waals surface area (Å²) in [4.78, 5) is 10.7. The van der Waals surface area contributed by atoms with Crippen LogP contribution in [0, 0.1) is 17.7 Å². The normalized spacial score (nSPS) is 18.4. The molecule has 2 aromatic carbocycles. The predicted molar refractivity (Wildman–Crippen MR) is 129 cm³/mol. The molecule has 7 heteroatoms. The molecule has 1 fully saturated rings. The first kappa shape index (κ1) is 23.5. The van der Waals surface area contributed by atoms with Crippen LogP contribution in [0.5, 0.6) is 0 Å². The Hall–Kier alpha value is -2.64. The fourth-order valence-corrected chi connectivity index (χ4v) is 5.34. The third-order valence-corrected chi connectivity index (χ3v) is 7.06. The molecular formula is C26H29FN2O3S. The third kappa shape index (κ3) is 5.84. The fraction of sp³-hybridized carbons (Fsp3) is 0.385. The average molecular weight is 469 g/mol. The summed E-state index contributed by atoms with van der Waals surface area (Å²) in [5.41, 5.74) is 3.97. The number of hydrogen-bond donors (Lipinski definition) is 1. The summed E-state index contributed by atoms with van der Waals surface area (Å²) in [6, 6.07) is 16.8. The summed E-state index contributed by atoms with van der Waals surface area (Å²) in [5, 5.41) is 14.9. The van der Waals surface area contributed by atoms with E-state index in [1.54, 1.807) is 23.9 Å². The van der Waals surface area contributed by atoms with E-state index in [4.69, 9.17) is 14.9 Å². The molecule has 33 heavy (non-hydrogen) atoms. The van der Waals surface area contributed by atoms with Gasteiger partial charge in [-0.05, 0) is 73.6 Å². The van der Waals surface area contributed by atoms with E-state index in [0.717, 1.165) is 59.6 Å². The minimum atomic E-state index is -0.918. The Bertz CT molecular complexity index is 1060. The maximum Gasteiger partial charge on any atom is 0.329 e. The molecule has 0 radical (unpaired) electrons. The van der Waals surface area contributed by atoms with Gasteiger partial charge in [-0.2, -0.15) is 5.10 Å². The smallest absolute Gasteiger partial charge is 0.329 e. The Balaban J connectivity index is 1.55. The van der Waals surface area contributed by atoms with Crippen LogP contribution < -0.4 is 0 Å². The van der Waals surface area contributed by atoms with Crippen molar-refractivity contribution in [2.45, 2.75) is 37.3 Å². The largest absolute Gasteiger partial charge is 0.480 e. The summed E-state index contributed by atoms with van der Waals surface area (Å²) in [7, 11) is 0. The van der Waals surface area contributed by atoms with E-state index in [1.165, 1.54) is 12.1 Å². The number of carbonyl (C=O) groups is 1. The van der Waals surface area contributed by atoms with Crippen LogP contribution in [-0.4, -0.2) is 40.3 Å². The molecule has 5 nitrogen and oxygen atoms in total. The van der Waals surface area contributed by atoms with Crippen LogP contribution in [0.3, 0.4) is 0 Å². The molecule has 0 unspecified atom stereocenters. The molecule has 0 amide bonds. The Kier molecular flexibility index (Phi) is 7.83. The van der Waals surface area contributed by atoms with Crippen molar-refractivity contribution in [3.05, 3.63) is 60.4 Å². The van der Waals surface area contributed by atoms with E-state index >= 15 is 0 Å². The van der Waals surface area contributed by atoms with Crippen molar-refractivity contribution in [3.8, 4) is 22.4 Å². The van der Waals surface area contributed by atoms with E-state index in [0.29, 0.717) is 18.4 Å². The number of carboxylic acids is 1. The van der Waals surface area contributed by atoms with Crippen molar-refractivity contribution in [2.75, 3.05) is 19.5 Å². The van der Waals surface area contributed by atoms with Gasteiger partial charge >= 0.3 is 5.97 Å². The van der Waals surface area contributed by atoms with Crippen LogP contribution in [0.1, 0.15) is 25.7 Å². The second-order valence-electron chi connectivity index (χ2n) is 8.58. The third-order valence-electron chi connectivity index (χ3n) is 6.26. The highest BCUT2D eigenvalue weighted by atomic mass is 32.2. The first-order chi connectivity index (χ1) is 16.0. The summed E-state index contributed by atoms with van der Waals surface area (Å²) in [6.45, 7) is 1.13. The Morgan fingerprint density at radius 3 is 2.36 bits per heavy atom. The van der Waals surface area contributed by atoms with Gasteiger partial charge in [-0.1, -0.05) is 30.3 Å². The van der Waals surface area contributed by atoms with Crippen LogP contribution in [-0.2, 0) is 16.1 Å². The monoisotopic (exact) mass is 468 g/mol. The minimum Gasteiger partial charge on any atom is -0.480 e. The first-order valence-electron chi connectivity index (χ1n) is 11.3. The molecule has 4 rings (SSSR count). The van der Waals surface area contributed by atoms with Crippen molar-refractivity contribution >= 4 is 17.7 Å². The quantitative estimate of drug-likeness (QED) is 0.391. The number of hydrogen-bond acceptors (Lipinski definition) is 4. The maximum atomic E-state index is 13.6. The van der Waals surface area contributed by atoms with Gasteiger partial charge in [-0.25, -0.2) is 9.18 Å². The zero-order valence-electron chi connectivity index (χ0n) is 18.7. The van der Waals surface area contributed by atoms with Gasteiger partial charge in [-0.15, -0.1) is 11.8 Å². The van der Waals surface area contributed by atoms with Crippen molar-refractivity contribution in [1.29, 1.82) is 0 Å². The van der Waals surface area contributed by atoms with Crippen LogP contribution >= 0.6 is 11.8 Å². The second-order valence-corrected chi connectivity index (χ2v) is 9.38. The fourth-order valence-electron chi connectivity index (χ4n) is 4.59. The number of nitrogens with zero attached hydrogens (tertiary/aromatic N) is 2. The van der Waals surface area contributed by atoms with E-state index < -0.39 is 5.97 Å². The summed E-state index contributed by atoms with van der Waals surface area (Å²) < 4.78 is 21.0. The number of thioether (sulfide) groups is 1. The number of rotatable bonds is 9. The lowest BCUT2D eigenvalue weighted by atomic mass is 9.82. The van der Waals surface area contributed by atoms with Crippen LogP contribution in [0.15, 0.2) is 59.6 Å². The average Bonchev–Trinajstić information content (AvgIpc) is 3.19. The van der Waals surface area contributed by atoms with Crippen molar-refractivity contribution in [1.82, 2.24) is 9.78 Å². The SMILES string of the molecule is CSc1c(-c2ccccc2)c(-c2ccc(F)cc2)nn1C[C@H]1CC[C@H](COCC(=O)O)CC1. The molecule has 0 atom stereocenters. The molecule has 1 aromatic heterocycles. The van der Waals surface area contributed by atoms with Gasteiger partial charge in [-0.3, -0.25) is 4.68 Å². The van der Waals surface area contributed by atoms with Gasteiger partial charge in [0.15, 0.2) is 0 Å². The van der Waals surface area contributed by atoms with Gasteiger partial charge < -0.3 is 9.84 Å². The molecule has 0 spiro atoms. The van der Waals surface area contributed by atoms with Crippen molar-refractivity contribution in [3.63, 3.8) is 0 Å². The Morgan fingerprint density at radius 1 is 1.06 bits per heavy atom. The zero-order chi connectivity index (χ0) is 23.2. The van der Waals surface area contributed by atoms with Gasteiger partial charge in [0.2, 0.25) is 0 Å². The highest BCUT2D eigenvalue weighted by Gasteiger charge is 2.25. The molecule has 1 aliphatic rings. The number of aromatic nitrogens is 2. The molecule has 0 saturated heterocycles. The van der Waals surface area contributed by atoms with Crippen LogP contribution in [0.4, 0.5) is 4.39 Å². The number of carboxylic acid groups (broad SMARTS) is 1. The highest BCUT2D eigenvalue weighted by Crippen LogP contribution is 2.40. The van der Waals surface area contributed by atoms with Crippen molar-refractivity contribution < 1.29 is 19.0 Å². The topological polar surface area (TPSA) is 64.4 Å². The van der Waals surface area contributed by atoms with E-state index in [2.05, 4.69) is 23.1 Å². The van der Waals surface area contributed by atoms with E-state index in [-0.39, 0.29) is 12.4 Å². The van der Waals surface area contributed by atoms with Crippen molar-refractivity contribution in [2.24, 2.45) is 11.8 Å². The van der Waals surface area contributed by atoms with Gasteiger partial charge in [0, 0.05) is 17.7 Å².